The topological polar surface area (TPSA) is 4.93 Å². The summed E-state index contributed by atoms with van der Waals surface area (Å²) in [6.45, 7) is 0.298. The molecule has 158 valence electrons. The van der Waals surface area contributed by atoms with Crippen molar-refractivity contribution < 1.29 is 0 Å². The summed E-state index contributed by atoms with van der Waals surface area (Å²) in [5, 5.41) is 2.61. The third kappa shape index (κ3) is 2.55. The molecule has 2 aliphatic rings. The zero-order valence-corrected chi connectivity index (χ0v) is 19.9. The molecule has 3 heterocycles. The molecule has 2 aliphatic heterocycles. The molecular formula is C30H18BNS2. The van der Waals surface area contributed by atoms with Gasteiger partial charge in [-0.05, 0) is 41.9 Å². The summed E-state index contributed by atoms with van der Waals surface area (Å²) in [7, 11) is 0. The fourth-order valence-electron chi connectivity index (χ4n) is 5.71. The van der Waals surface area contributed by atoms with E-state index < -0.39 is 0 Å². The standard InChI is InChI=1S/C30H18BNS2/c1-5-13-24-20(9-1)21-10-2-6-14-25(21)32(24)19-17-28-30-29(18-19)34-27-16-8-4-12-23(27)31(30)22-11-3-7-15-26(22)33-28/h1-18H. The van der Waals surface area contributed by atoms with Gasteiger partial charge in [0.25, 0.3) is 0 Å². The Kier molecular flexibility index (Phi) is 3.96. The number of aromatic nitrogens is 1. The van der Waals surface area contributed by atoms with Gasteiger partial charge in [-0.2, -0.15) is 0 Å². The van der Waals surface area contributed by atoms with Crippen molar-refractivity contribution in [2.75, 3.05) is 0 Å². The molecule has 0 amide bonds. The Balaban J connectivity index is 1.45. The van der Waals surface area contributed by atoms with Crippen LogP contribution in [-0.4, -0.2) is 11.3 Å². The van der Waals surface area contributed by atoms with E-state index in [9.17, 15) is 0 Å². The van der Waals surface area contributed by atoms with E-state index in [-0.39, 0.29) is 0 Å². The van der Waals surface area contributed by atoms with E-state index in [0.29, 0.717) is 6.71 Å². The van der Waals surface area contributed by atoms with Gasteiger partial charge in [0.2, 0.25) is 6.71 Å². The predicted octanol–water partition coefficient (Wildman–Crippen LogP) is 6.23. The minimum atomic E-state index is 0.298. The van der Waals surface area contributed by atoms with Gasteiger partial charge in [0.15, 0.2) is 0 Å². The van der Waals surface area contributed by atoms with Crippen LogP contribution in [0.5, 0.6) is 0 Å². The number of benzene rings is 5. The summed E-state index contributed by atoms with van der Waals surface area (Å²) >= 11 is 3.84. The molecule has 34 heavy (non-hydrogen) atoms. The maximum absolute atomic E-state index is 2.44. The van der Waals surface area contributed by atoms with Crippen LogP contribution in [0.15, 0.2) is 129 Å². The van der Waals surface area contributed by atoms with Crippen LogP contribution in [0.2, 0.25) is 0 Å². The second-order valence-electron chi connectivity index (χ2n) is 8.94. The summed E-state index contributed by atoms with van der Waals surface area (Å²) in [6, 6.07) is 40.2. The van der Waals surface area contributed by atoms with Crippen LogP contribution in [0.25, 0.3) is 27.5 Å². The first kappa shape index (κ1) is 19.0. The molecular weight excluding hydrogens is 449 g/mol. The number of nitrogens with zero attached hydrogens (tertiary/aromatic N) is 1. The molecule has 1 nitrogen and oxygen atoms in total. The molecule has 6 aromatic rings. The van der Waals surface area contributed by atoms with E-state index in [1.54, 1.807) is 0 Å². The Hall–Kier alpha value is -3.34. The Morgan fingerprint density at radius 3 is 1.53 bits per heavy atom. The average Bonchev–Trinajstić information content (AvgIpc) is 3.23. The Morgan fingerprint density at radius 2 is 0.971 bits per heavy atom. The Morgan fingerprint density at radius 1 is 0.500 bits per heavy atom. The fraction of sp³-hybridized carbons (Fsp3) is 0. The van der Waals surface area contributed by atoms with Gasteiger partial charge in [-0.15, -0.1) is 0 Å². The monoisotopic (exact) mass is 467 g/mol. The van der Waals surface area contributed by atoms with Crippen molar-refractivity contribution in [2.45, 2.75) is 19.6 Å². The van der Waals surface area contributed by atoms with Crippen LogP contribution in [0.4, 0.5) is 0 Å². The number of fused-ring (bicyclic) bond motifs is 7. The molecule has 0 unspecified atom stereocenters. The minimum Gasteiger partial charge on any atom is -0.309 e. The van der Waals surface area contributed by atoms with Gasteiger partial charge in [0.05, 0.1) is 11.0 Å². The maximum Gasteiger partial charge on any atom is 0.247 e. The van der Waals surface area contributed by atoms with Gasteiger partial charge in [-0.3, -0.25) is 0 Å². The first-order valence-electron chi connectivity index (χ1n) is 11.6. The van der Waals surface area contributed by atoms with Crippen LogP contribution in [0.1, 0.15) is 0 Å². The summed E-state index contributed by atoms with van der Waals surface area (Å²) in [5.41, 5.74) is 8.09. The second kappa shape index (κ2) is 7.08. The number of rotatable bonds is 1. The molecule has 0 bridgehead atoms. The van der Waals surface area contributed by atoms with Crippen LogP contribution < -0.4 is 16.4 Å². The lowest BCUT2D eigenvalue weighted by atomic mass is 9.36. The predicted molar refractivity (Wildman–Crippen MR) is 147 cm³/mol. The first-order valence-corrected chi connectivity index (χ1v) is 13.2. The molecule has 0 spiro atoms. The van der Waals surface area contributed by atoms with Crippen molar-refractivity contribution in [3.63, 3.8) is 0 Å². The number of para-hydroxylation sites is 2. The minimum absolute atomic E-state index is 0.298. The Labute approximate surface area is 206 Å². The second-order valence-corrected chi connectivity index (χ2v) is 11.1. The van der Waals surface area contributed by atoms with E-state index in [2.05, 4.69) is 114 Å². The number of hydrogen-bond donors (Lipinski definition) is 0. The van der Waals surface area contributed by atoms with Crippen LogP contribution in [-0.2, 0) is 0 Å². The zero-order chi connectivity index (χ0) is 22.2. The van der Waals surface area contributed by atoms with Crippen molar-refractivity contribution >= 4 is 68.4 Å². The SMILES string of the molecule is c1ccc2c(c1)Sc1cc(-n3c4ccccc4c4ccccc43)cc3c1B2c1ccccc1S3. The van der Waals surface area contributed by atoms with E-state index >= 15 is 0 Å². The summed E-state index contributed by atoms with van der Waals surface area (Å²) in [5.74, 6) is 0. The third-order valence-corrected chi connectivity index (χ3v) is 9.41. The highest BCUT2D eigenvalue weighted by Gasteiger charge is 2.38. The largest absolute Gasteiger partial charge is 0.309 e. The van der Waals surface area contributed by atoms with Crippen molar-refractivity contribution in [2.24, 2.45) is 0 Å². The highest BCUT2D eigenvalue weighted by molar-refractivity contribution is 8.01. The van der Waals surface area contributed by atoms with Gasteiger partial charge in [0, 0.05) is 36.0 Å². The first-order chi connectivity index (χ1) is 16.9. The van der Waals surface area contributed by atoms with Gasteiger partial charge in [0.1, 0.15) is 0 Å². The van der Waals surface area contributed by atoms with E-state index in [0.717, 1.165) is 0 Å². The molecule has 0 atom stereocenters. The number of hydrogen-bond acceptors (Lipinski definition) is 2. The molecule has 0 N–H and O–H groups in total. The fourth-order valence-corrected chi connectivity index (χ4v) is 8.18. The van der Waals surface area contributed by atoms with Crippen molar-refractivity contribution in [3.05, 3.63) is 109 Å². The normalized spacial score (nSPS) is 13.6. The summed E-state index contributed by atoms with van der Waals surface area (Å²) in [4.78, 5) is 5.49. The lowest BCUT2D eigenvalue weighted by Gasteiger charge is -2.33. The molecule has 8 rings (SSSR count). The van der Waals surface area contributed by atoms with E-state index in [1.807, 2.05) is 23.5 Å². The average molecular weight is 467 g/mol. The third-order valence-electron chi connectivity index (χ3n) is 7.12. The highest BCUT2D eigenvalue weighted by Crippen LogP contribution is 2.41. The highest BCUT2D eigenvalue weighted by atomic mass is 32.2. The summed E-state index contributed by atoms with van der Waals surface area (Å²) in [6.07, 6.45) is 0. The van der Waals surface area contributed by atoms with Crippen LogP contribution in [0.3, 0.4) is 0 Å². The van der Waals surface area contributed by atoms with Gasteiger partial charge in [-0.1, -0.05) is 107 Å². The van der Waals surface area contributed by atoms with E-state index in [4.69, 9.17) is 0 Å². The molecule has 0 saturated heterocycles. The summed E-state index contributed by atoms with van der Waals surface area (Å²) < 4.78 is 2.44. The van der Waals surface area contributed by atoms with Gasteiger partial charge in [-0.25, -0.2) is 0 Å². The van der Waals surface area contributed by atoms with Crippen LogP contribution in [0, 0.1) is 0 Å². The van der Waals surface area contributed by atoms with Crippen molar-refractivity contribution in [1.82, 2.24) is 4.57 Å². The Bertz CT molecular complexity index is 1660. The molecule has 1 aromatic heterocycles. The van der Waals surface area contributed by atoms with Crippen molar-refractivity contribution in [1.29, 1.82) is 0 Å². The van der Waals surface area contributed by atoms with Crippen LogP contribution >= 0.6 is 23.5 Å². The van der Waals surface area contributed by atoms with Gasteiger partial charge < -0.3 is 4.57 Å². The maximum atomic E-state index is 2.44. The lowest BCUT2D eigenvalue weighted by molar-refractivity contribution is 1.14. The smallest absolute Gasteiger partial charge is 0.247 e. The molecule has 0 aliphatic carbocycles. The molecule has 4 heteroatoms. The zero-order valence-electron chi connectivity index (χ0n) is 18.2. The quantitative estimate of drug-likeness (QED) is 0.264. The molecule has 0 radical (unpaired) electrons. The van der Waals surface area contributed by atoms with Crippen molar-refractivity contribution in [3.8, 4) is 5.69 Å². The lowest BCUT2D eigenvalue weighted by Crippen LogP contribution is -2.58. The van der Waals surface area contributed by atoms with E-state index in [1.165, 1.54) is 63.5 Å². The molecule has 5 aromatic carbocycles. The molecule has 0 saturated carbocycles. The molecule has 0 fully saturated rings. The van der Waals surface area contributed by atoms with Gasteiger partial charge >= 0.3 is 0 Å².